The fourth-order valence-corrected chi connectivity index (χ4v) is 1.04. The molecule has 1 unspecified atom stereocenters. The van der Waals surface area contributed by atoms with E-state index in [4.69, 9.17) is 11.1 Å². The van der Waals surface area contributed by atoms with E-state index >= 15 is 0 Å². The molecule has 0 bridgehead atoms. The summed E-state index contributed by atoms with van der Waals surface area (Å²) in [5, 5.41) is 7.08. The van der Waals surface area contributed by atoms with Gasteiger partial charge >= 0.3 is 0 Å². The van der Waals surface area contributed by atoms with E-state index in [0.717, 1.165) is 12.8 Å². The molecule has 0 aromatic rings. The van der Waals surface area contributed by atoms with Crippen molar-refractivity contribution in [3.63, 3.8) is 0 Å². The van der Waals surface area contributed by atoms with Crippen molar-refractivity contribution >= 4 is 12.1 Å². The quantitative estimate of drug-likeness (QED) is 0.545. The second-order valence-electron chi connectivity index (χ2n) is 2.84. The first-order chi connectivity index (χ1) is 5.24. The van der Waals surface area contributed by atoms with E-state index in [9.17, 15) is 0 Å². The summed E-state index contributed by atoms with van der Waals surface area (Å²) in [6.07, 6.45) is 5.07. The fourth-order valence-electron chi connectivity index (χ4n) is 1.04. The maximum atomic E-state index is 7.08. The normalized spacial score (nSPS) is 25.0. The Morgan fingerprint density at radius 1 is 1.82 bits per heavy atom. The van der Waals surface area contributed by atoms with Crippen LogP contribution in [0.4, 0.5) is 0 Å². The molecule has 0 aromatic carbocycles. The molecule has 0 amide bonds. The molecule has 0 radical (unpaired) electrons. The number of hydrogen-bond acceptors (Lipinski definition) is 3. The Morgan fingerprint density at radius 2 is 2.55 bits per heavy atom. The second-order valence-corrected chi connectivity index (χ2v) is 2.84. The van der Waals surface area contributed by atoms with Gasteiger partial charge in [-0.15, -0.1) is 0 Å². The molecule has 1 rings (SSSR count). The molecular weight excluding hydrogens is 138 g/mol. The largest absolute Gasteiger partial charge is 0.387 e. The van der Waals surface area contributed by atoms with Crippen molar-refractivity contribution in [3.8, 4) is 0 Å². The van der Waals surface area contributed by atoms with Gasteiger partial charge in [-0.3, -0.25) is 0 Å². The van der Waals surface area contributed by atoms with Gasteiger partial charge in [0.25, 0.3) is 0 Å². The zero-order valence-electron chi connectivity index (χ0n) is 6.67. The average molecular weight is 151 g/mol. The molecule has 0 saturated carbocycles. The van der Waals surface area contributed by atoms with Crippen LogP contribution in [0, 0.1) is 11.3 Å². The molecule has 0 aromatic heterocycles. The number of nitrogens with one attached hydrogen (secondary N) is 1. The molecule has 0 saturated heterocycles. The minimum atomic E-state index is 0.0451. The van der Waals surface area contributed by atoms with Crippen molar-refractivity contribution in [2.24, 2.45) is 16.6 Å². The molecule has 1 aliphatic rings. The maximum Gasteiger partial charge on any atom is 0.107 e. The summed E-state index contributed by atoms with van der Waals surface area (Å²) in [6, 6.07) is 0. The molecule has 0 fully saturated rings. The minimum Gasteiger partial charge on any atom is -0.387 e. The Balaban J connectivity index is 2.75. The van der Waals surface area contributed by atoms with E-state index < -0.39 is 0 Å². The third-order valence-electron chi connectivity index (χ3n) is 1.86. The molecule has 0 spiro atoms. The smallest absolute Gasteiger partial charge is 0.107 e. The van der Waals surface area contributed by atoms with Crippen LogP contribution in [0.3, 0.4) is 0 Å². The molecule has 1 atom stereocenters. The average Bonchev–Trinajstić information content (AvgIpc) is 2.15. The number of allylic oxidation sites excluding steroid dienone is 1. The third kappa shape index (κ3) is 1.90. The van der Waals surface area contributed by atoms with Gasteiger partial charge in [0, 0.05) is 12.4 Å². The lowest BCUT2D eigenvalue weighted by atomic mass is 10.0. The maximum absolute atomic E-state index is 7.08. The number of hydrogen-bond donors (Lipinski definition) is 2. The molecule has 1 heterocycles. The van der Waals surface area contributed by atoms with Crippen LogP contribution in [0.1, 0.15) is 19.8 Å². The van der Waals surface area contributed by atoms with E-state index in [2.05, 4.69) is 4.99 Å². The highest BCUT2D eigenvalue weighted by Crippen LogP contribution is 2.14. The van der Waals surface area contributed by atoms with Gasteiger partial charge in [-0.2, -0.15) is 0 Å². The molecule has 3 N–H and O–H groups in total. The number of aliphatic imine (C=N–C) groups is 1. The highest BCUT2D eigenvalue weighted by Gasteiger charge is 2.11. The van der Waals surface area contributed by atoms with Gasteiger partial charge in [-0.05, 0) is 19.8 Å². The Morgan fingerprint density at radius 3 is 3.18 bits per heavy atom. The van der Waals surface area contributed by atoms with Crippen molar-refractivity contribution in [1.82, 2.24) is 0 Å². The molecule has 11 heavy (non-hydrogen) atoms. The van der Waals surface area contributed by atoms with Gasteiger partial charge in [0.1, 0.15) is 5.84 Å². The summed E-state index contributed by atoms with van der Waals surface area (Å²) in [5.41, 5.74) is 6.84. The lowest BCUT2D eigenvalue weighted by molar-refractivity contribution is 0.777. The van der Waals surface area contributed by atoms with E-state index in [0.29, 0.717) is 5.84 Å². The summed E-state index contributed by atoms with van der Waals surface area (Å²) in [4.78, 5) is 4.04. The van der Waals surface area contributed by atoms with Crippen LogP contribution in [0.25, 0.3) is 0 Å². The van der Waals surface area contributed by atoms with Crippen LogP contribution < -0.4 is 5.73 Å². The highest BCUT2D eigenvalue weighted by atomic mass is 14.8. The number of nitrogens with zero attached hydrogens (tertiary/aromatic N) is 1. The predicted molar refractivity (Wildman–Crippen MR) is 46.9 cm³/mol. The van der Waals surface area contributed by atoms with E-state index in [-0.39, 0.29) is 5.92 Å². The van der Waals surface area contributed by atoms with Crippen molar-refractivity contribution in [1.29, 1.82) is 5.41 Å². The van der Waals surface area contributed by atoms with Gasteiger partial charge < -0.3 is 11.1 Å². The number of nitrogens with two attached hydrogens (primary N) is 1. The van der Waals surface area contributed by atoms with Crippen LogP contribution in [0.15, 0.2) is 16.8 Å². The molecule has 3 heteroatoms. The first-order valence-electron chi connectivity index (χ1n) is 3.73. The molecule has 3 nitrogen and oxygen atoms in total. The summed E-state index contributed by atoms with van der Waals surface area (Å²) < 4.78 is 0. The zero-order chi connectivity index (χ0) is 8.27. The summed E-state index contributed by atoms with van der Waals surface area (Å²) >= 11 is 0. The van der Waals surface area contributed by atoms with Crippen LogP contribution in [-0.4, -0.2) is 12.1 Å². The van der Waals surface area contributed by atoms with Gasteiger partial charge in [0.15, 0.2) is 0 Å². The van der Waals surface area contributed by atoms with Crippen molar-refractivity contribution < 1.29 is 0 Å². The Kier molecular flexibility index (Phi) is 2.41. The Bertz CT molecular complexity index is 215. The Hall–Kier alpha value is -1.12. The van der Waals surface area contributed by atoms with Crippen molar-refractivity contribution in [3.05, 3.63) is 11.8 Å². The fraction of sp³-hybridized carbons (Fsp3) is 0.500. The lowest BCUT2D eigenvalue weighted by Gasteiger charge is -2.06. The first-order valence-corrected chi connectivity index (χ1v) is 3.73. The topological polar surface area (TPSA) is 62.2 Å². The van der Waals surface area contributed by atoms with Crippen LogP contribution in [0.5, 0.6) is 0 Å². The molecular formula is C8H13N3. The SMILES string of the molecule is CC1=CN=C(N)C(C=N)CC1. The first kappa shape index (κ1) is 7.98. The van der Waals surface area contributed by atoms with Gasteiger partial charge in [-0.1, -0.05) is 5.57 Å². The highest BCUT2D eigenvalue weighted by molar-refractivity contribution is 5.95. The van der Waals surface area contributed by atoms with Gasteiger partial charge in [-0.25, -0.2) is 4.99 Å². The second kappa shape index (κ2) is 3.32. The Labute approximate surface area is 66.5 Å². The standard InChI is InChI=1S/C8H13N3/c1-6-2-3-7(4-9)8(10)11-5-6/h4-5,7,9H,2-3H2,1H3,(H2,10,11). The monoisotopic (exact) mass is 151 g/mol. The van der Waals surface area contributed by atoms with Crippen LogP contribution in [-0.2, 0) is 0 Å². The summed E-state index contributed by atoms with van der Waals surface area (Å²) in [6.45, 7) is 2.03. The third-order valence-corrected chi connectivity index (χ3v) is 1.86. The van der Waals surface area contributed by atoms with Crippen molar-refractivity contribution in [2.45, 2.75) is 19.8 Å². The molecule has 1 aliphatic heterocycles. The summed E-state index contributed by atoms with van der Waals surface area (Å²) in [5.74, 6) is 0.612. The van der Waals surface area contributed by atoms with E-state index in [1.807, 2.05) is 6.92 Å². The lowest BCUT2D eigenvalue weighted by Crippen LogP contribution is -2.23. The zero-order valence-corrected chi connectivity index (χ0v) is 6.67. The van der Waals surface area contributed by atoms with Gasteiger partial charge in [0.2, 0.25) is 0 Å². The van der Waals surface area contributed by atoms with Crippen LogP contribution >= 0.6 is 0 Å². The molecule has 0 aliphatic carbocycles. The van der Waals surface area contributed by atoms with E-state index in [1.165, 1.54) is 11.8 Å². The number of rotatable bonds is 1. The minimum absolute atomic E-state index is 0.0451. The molecule has 60 valence electrons. The van der Waals surface area contributed by atoms with E-state index in [1.54, 1.807) is 6.20 Å². The summed E-state index contributed by atoms with van der Waals surface area (Å²) in [7, 11) is 0. The number of amidine groups is 1. The van der Waals surface area contributed by atoms with Crippen LogP contribution in [0.2, 0.25) is 0 Å². The predicted octanol–water partition coefficient (Wildman–Crippen LogP) is 1.31. The van der Waals surface area contributed by atoms with Gasteiger partial charge in [0.05, 0.1) is 5.92 Å². The van der Waals surface area contributed by atoms with Crippen molar-refractivity contribution in [2.75, 3.05) is 0 Å².